The molecule has 1 aliphatic heterocycles. The van der Waals surface area contributed by atoms with Crippen LogP contribution in [0.4, 0.5) is 11.4 Å². The molecule has 1 heterocycles. The summed E-state index contributed by atoms with van der Waals surface area (Å²) < 4.78 is 1.80. The van der Waals surface area contributed by atoms with E-state index in [-0.39, 0.29) is 5.75 Å². The van der Waals surface area contributed by atoms with Crippen LogP contribution in [0.2, 0.25) is 0 Å². The molecule has 53 heavy (non-hydrogen) atoms. The van der Waals surface area contributed by atoms with Gasteiger partial charge in [0.1, 0.15) is 5.75 Å². The van der Waals surface area contributed by atoms with E-state index in [1.165, 1.54) is 44.7 Å². The van der Waals surface area contributed by atoms with Gasteiger partial charge in [-0.1, -0.05) is 106 Å². The fourth-order valence-electron chi connectivity index (χ4n) is 7.47. The number of benzene rings is 4. The molecule has 2 atom stereocenters. The van der Waals surface area contributed by atoms with Crippen LogP contribution in [0.25, 0.3) is 0 Å². The third-order valence-corrected chi connectivity index (χ3v) is 10.3. The first-order chi connectivity index (χ1) is 25.2. The number of aliphatic imine (C=N–C) groups is 1. The summed E-state index contributed by atoms with van der Waals surface area (Å²) in [5.74, 6) is 1.99. The SMILES string of the molecule is CC(C)c1cccc(C(C)C)c1N=Cc1ccccc1O.CC1=CC(C)C(N2[CH-]N(c3c(C)cc(C)cc3C)CC2)C(C)=C1.Oc1ccccc1[CH]=[Ru+]. The van der Waals surface area contributed by atoms with E-state index in [9.17, 15) is 5.11 Å². The maximum atomic E-state index is 9.85. The zero-order valence-electron chi connectivity index (χ0n) is 33.2. The van der Waals surface area contributed by atoms with E-state index < -0.39 is 0 Å². The van der Waals surface area contributed by atoms with Gasteiger partial charge in [0.15, 0.2) is 0 Å². The molecule has 0 amide bonds. The molecule has 0 spiro atoms. The molecule has 2 aliphatic rings. The maximum absolute atomic E-state index is 9.85. The Balaban J connectivity index is 0.000000193. The molecule has 0 saturated carbocycles. The molecule has 6 heteroatoms. The average molecular weight is 798 g/mol. The molecular weight excluding hydrogens is 740 g/mol. The quantitative estimate of drug-likeness (QED) is 0.111. The number of rotatable bonds is 7. The Labute approximate surface area is 329 Å². The summed E-state index contributed by atoms with van der Waals surface area (Å²) in [4.78, 5) is 9.66. The van der Waals surface area contributed by atoms with Gasteiger partial charge in [0.25, 0.3) is 0 Å². The van der Waals surface area contributed by atoms with Crippen molar-refractivity contribution in [1.82, 2.24) is 4.90 Å². The van der Waals surface area contributed by atoms with Crippen molar-refractivity contribution in [3.8, 4) is 11.5 Å². The first kappa shape index (κ1) is 41.6. The molecule has 4 aromatic rings. The van der Waals surface area contributed by atoms with Crippen LogP contribution in [0.1, 0.15) is 99.2 Å². The second kappa shape index (κ2) is 19.3. The van der Waals surface area contributed by atoms with Crippen molar-refractivity contribution in [1.29, 1.82) is 0 Å². The molecule has 0 radical (unpaired) electrons. The fourth-order valence-corrected chi connectivity index (χ4v) is 7.89. The van der Waals surface area contributed by atoms with E-state index in [0.29, 0.717) is 29.5 Å². The molecular formula is C47H58N3O2Ru. The summed E-state index contributed by atoms with van der Waals surface area (Å²) >= 11 is 2.36. The molecule has 0 bridgehead atoms. The van der Waals surface area contributed by atoms with Crippen LogP contribution in [-0.2, 0) is 17.9 Å². The number of allylic oxidation sites excluding steroid dienone is 2. The number of nitrogens with zero attached hydrogens (tertiary/aromatic N) is 3. The summed E-state index contributed by atoms with van der Waals surface area (Å²) in [5.41, 5.74) is 13.5. The van der Waals surface area contributed by atoms with Crippen LogP contribution in [0.5, 0.6) is 11.5 Å². The first-order valence-electron chi connectivity index (χ1n) is 18.7. The van der Waals surface area contributed by atoms with Gasteiger partial charge in [-0.25, -0.2) is 0 Å². The Hall–Kier alpha value is -4.12. The molecule has 6 rings (SSSR count). The second-order valence-electron chi connectivity index (χ2n) is 15.0. The van der Waals surface area contributed by atoms with Gasteiger partial charge in [-0.05, 0) is 93.3 Å². The van der Waals surface area contributed by atoms with Gasteiger partial charge in [-0.2, -0.15) is 6.67 Å². The summed E-state index contributed by atoms with van der Waals surface area (Å²) in [6.07, 6.45) is 6.49. The van der Waals surface area contributed by atoms with Crippen molar-refractivity contribution in [2.45, 2.75) is 87.1 Å². The number of hydrogen-bond acceptors (Lipinski definition) is 5. The molecule has 1 fully saturated rings. The van der Waals surface area contributed by atoms with Crippen molar-refractivity contribution in [2.24, 2.45) is 10.9 Å². The minimum atomic E-state index is 0.259. The summed E-state index contributed by atoms with van der Waals surface area (Å²) in [5, 5.41) is 18.9. The summed E-state index contributed by atoms with van der Waals surface area (Å²) in [7, 11) is 0. The van der Waals surface area contributed by atoms with Crippen LogP contribution in [0.3, 0.4) is 0 Å². The Kier molecular flexibility index (Phi) is 15.1. The molecule has 281 valence electrons. The van der Waals surface area contributed by atoms with Crippen molar-refractivity contribution >= 4 is 22.2 Å². The number of phenolic OH excluding ortho intramolecular Hbond substituents is 2. The van der Waals surface area contributed by atoms with Crippen molar-refractivity contribution < 1.29 is 28.1 Å². The van der Waals surface area contributed by atoms with E-state index in [1.807, 2.05) is 30.3 Å². The Morgan fingerprint density at radius 2 is 1.32 bits per heavy atom. The van der Waals surface area contributed by atoms with Gasteiger partial charge in [0.2, 0.25) is 0 Å². The molecule has 1 aliphatic carbocycles. The van der Waals surface area contributed by atoms with Crippen molar-refractivity contribution in [2.75, 3.05) is 18.0 Å². The normalized spacial score (nSPS) is 17.2. The predicted molar refractivity (Wildman–Crippen MR) is 223 cm³/mol. The Morgan fingerprint density at radius 3 is 1.81 bits per heavy atom. The third-order valence-electron chi connectivity index (χ3n) is 9.77. The van der Waals surface area contributed by atoms with Crippen LogP contribution in [-0.4, -0.2) is 45.1 Å². The van der Waals surface area contributed by atoms with Crippen LogP contribution < -0.4 is 4.90 Å². The number of para-hydroxylation sites is 3. The van der Waals surface area contributed by atoms with Crippen molar-refractivity contribution in [3.05, 3.63) is 148 Å². The van der Waals surface area contributed by atoms with Gasteiger partial charge in [0.05, 0.1) is 5.69 Å². The number of hydrogen-bond donors (Lipinski definition) is 2. The van der Waals surface area contributed by atoms with E-state index in [0.717, 1.165) is 29.9 Å². The number of aryl methyl sites for hydroxylation is 3. The van der Waals surface area contributed by atoms with E-state index in [4.69, 9.17) is 10.1 Å². The Bertz CT molecular complexity index is 1910. The standard InChI is InChI=1S/C21H29N2.C19H23NO.C7H6O.Ru/c1-14-9-16(3)20(17(4)10-14)22-7-8-23(13-22)21-18(5)11-15(2)12-19(21)6;1-13(2)16-9-7-10-17(14(3)4)19(16)20-12-15-8-5-6-11-18(15)21;1-6-4-2-3-5-7(6)8;/h9-13,16,20H,7-8H2,1-6H3;5-14,21H,1-4H3;1-5,8H;/q-1;;;+1. The van der Waals surface area contributed by atoms with Gasteiger partial charge in [0, 0.05) is 30.1 Å². The van der Waals surface area contributed by atoms with E-state index in [2.05, 4.69) is 146 Å². The minimum absolute atomic E-state index is 0.259. The van der Waals surface area contributed by atoms with Crippen LogP contribution in [0.15, 0.2) is 107 Å². The van der Waals surface area contributed by atoms with Crippen LogP contribution >= 0.6 is 0 Å². The van der Waals surface area contributed by atoms with Gasteiger partial charge < -0.3 is 14.9 Å². The van der Waals surface area contributed by atoms with Crippen molar-refractivity contribution in [3.63, 3.8) is 0 Å². The predicted octanol–water partition coefficient (Wildman–Crippen LogP) is 11.2. The summed E-state index contributed by atoms with van der Waals surface area (Å²) in [6.45, 7) is 26.7. The average Bonchev–Trinajstić information content (AvgIpc) is 3.56. The van der Waals surface area contributed by atoms with Gasteiger partial charge in [-0.15, -0.1) is 0 Å². The first-order valence-corrected chi connectivity index (χ1v) is 19.7. The Morgan fingerprint density at radius 1 is 0.774 bits per heavy atom. The van der Waals surface area contributed by atoms with Gasteiger partial charge in [-0.3, -0.25) is 4.99 Å². The molecule has 0 aromatic heterocycles. The summed E-state index contributed by atoms with van der Waals surface area (Å²) in [6, 6.07) is 25.9. The number of aromatic hydroxyl groups is 2. The molecule has 5 nitrogen and oxygen atoms in total. The third kappa shape index (κ3) is 11.0. The molecule has 4 aromatic carbocycles. The van der Waals surface area contributed by atoms with Crippen LogP contribution in [0, 0.1) is 33.4 Å². The number of anilines is 1. The fraction of sp³-hybridized carbons (Fsp3) is 0.340. The number of phenols is 2. The second-order valence-corrected chi connectivity index (χ2v) is 15.5. The molecule has 1 saturated heterocycles. The van der Waals surface area contributed by atoms with Gasteiger partial charge >= 0.3 is 63.1 Å². The van der Waals surface area contributed by atoms with E-state index in [1.54, 1.807) is 29.0 Å². The zero-order valence-corrected chi connectivity index (χ0v) is 34.9. The monoisotopic (exact) mass is 798 g/mol. The van der Waals surface area contributed by atoms with E-state index >= 15 is 0 Å². The molecule has 2 unspecified atom stereocenters. The topological polar surface area (TPSA) is 59.3 Å². The molecule has 2 N–H and O–H groups in total. The zero-order chi connectivity index (χ0) is 38.8.